The van der Waals surface area contributed by atoms with E-state index in [1.165, 1.54) is 10.5 Å². The third-order valence-corrected chi connectivity index (χ3v) is 5.54. The Bertz CT molecular complexity index is 929. The van der Waals surface area contributed by atoms with Crippen LogP contribution in [0, 0.1) is 19.8 Å². The Hall–Kier alpha value is -2.60. The molecule has 0 bridgehead atoms. The predicted molar refractivity (Wildman–Crippen MR) is 116 cm³/mol. The third-order valence-electron chi connectivity index (χ3n) is 5.30. The summed E-state index contributed by atoms with van der Waals surface area (Å²) in [5, 5.41) is 3.76. The molecule has 1 saturated heterocycles. The van der Waals surface area contributed by atoms with Gasteiger partial charge in [0.15, 0.2) is 0 Å². The van der Waals surface area contributed by atoms with Crippen molar-refractivity contribution < 1.29 is 9.59 Å². The SMILES string of the molecule is Cc1ccc(Cl)cc1N1CCC(CNC(=O)c2ccc(C(=O)N(C)C)nc2C)C1. The highest BCUT2D eigenvalue weighted by molar-refractivity contribution is 6.30. The first kappa shape index (κ1) is 21.1. The predicted octanol–water partition coefficient (Wildman–Crippen LogP) is 3.31. The summed E-state index contributed by atoms with van der Waals surface area (Å²) in [6, 6.07) is 9.22. The van der Waals surface area contributed by atoms with Gasteiger partial charge in [0, 0.05) is 44.4 Å². The van der Waals surface area contributed by atoms with Crippen LogP contribution in [-0.4, -0.2) is 55.4 Å². The molecule has 7 heteroatoms. The van der Waals surface area contributed by atoms with Gasteiger partial charge in [-0.25, -0.2) is 4.98 Å². The number of hydrogen-bond acceptors (Lipinski definition) is 4. The van der Waals surface area contributed by atoms with Crippen molar-refractivity contribution in [2.75, 3.05) is 38.6 Å². The third kappa shape index (κ3) is 4.88. The zero-order valence-corrected chi connectivity index (χ0v) is 18.1. The number of aryl methyl sites for hydroxylation is 2. The van der Waals surface area contributed by atoms with Gasteiger partial charge in [-0.15, -0.1) is 0 Å². The van der Waals surface area contributed by atoms with Crippen LogP contribution in [0.5, 0.6) is 0 Å². The zero-order chi connectivity index (χ0) is 21.1. The van der Waals surface area contributed by atoms with E-state index in [2.05, 4.69) is 22.1 Å². The van der Waals surface area contributed by atoms with Gasteiger partial charge in [0.25, 0.3) is 11.8 Å². The second-order valence-corrected chi connectivity index (χ2v) is 8.21. The Morgan fingerprint density at radius 1 is 1.24 bits per heavy atom. The van der Waals surface area contributed by atoms with Crippen molar-refractivity contribution in [1.82, 2.24) is 15.2 Å². The Morgan fingerprint density at radius 3 is 2.69 bits per heavy atom. The highest BCUT2D eigenvalue weighted by Gasteiger charge is 2.25. The van der Waals surface area contributed by atoms with Gasteiger partial charge in [-0.1, -0.05) is 17.7 Å². The van der Waals surface area contributed by atoms with Crippen molar-refractivity contribution in [3.63, 3.8) is 0 Å². The summed E-state index contributed by atoms with van der Waals surface area (Å²) in [6.45, 7) is 6.27. The minimum absolute atomic E-state index is 0.156. The van der Waals surface area contributed by atoms with Crippen LogP contribution in [-0.2, 0) is 0 Å². The van der Waals surface area contributed by atoms with Crippen LogP contribution in [0.3, 0.4) is 0 Å². The maximum absolute atomic E-state index is 12.6. The first-order valence-corrected chi connectivity index (χ1v) is 10.1. The quantitative estimate of drug-likeness (QED) is 0.815. The molecule has 1 aliphatic heterocycles. The van der Waals surface area contributed by atoms with E-state index >= 15 is 0 Å². The van der Waals surface area contributed by atoms with Gasteiger partial charge in [-0.05, 0) is 56.0 Å². The van der Waals surface area contributed by atoms with Gasteiger partial charge in [0.2, 0.25) is 0 Å². The van der Waals surface area contributed by atoms with Crippen LogP contribution in [0.1, 0.15) is 38.5 Å². The topological polar surface area (TPSA) is 65.5 Å². The molecule has 1 unspecified atom stereocenters. The molecule has 6 nitrogen and oxygen atoms in total. The van der Waals surface area contributed by atoms with Crippen molar-refractivity contribution >= 4 is 29.1 Å². The van der Waals surface area contributed by atoms with Crippen LogP contribution in [0.4, 0.5) is 5.69 Å². The molecular weight excluding hydrogens is 388 g/mol. The number of hydrogen-bond donors (Lipinski definition) is 1. The number of aromatic nitrogens is 1. The fraction of sp³-hybridized carbons (Fsp3) is 0.409. The fourth-order valence-electron chi connectivity index (χ4n) is 3.62. The van der Waals surface area contributed by atoms with Crippen LogP contribution in [0.25, 0.3) is 0 Å². The van der Waals surface area contributed by atoms with Crippen LogP contribution < -0.4 is 10.2 Å². The molecule has 29 heavy (non-hydrogen) atoms. The van der Waals surface area contributed by atoms with Gasteiger partial charge < -0.3 is 15.1 Å². The molecule has 154 valence electrons. The average molecular weight is 415 g/mol. The van der Waals surface area contributed by atoms with E-state index in [4.69, 9.17) is 11.6 Å². The molecule has 1 atom stereocenters. The summed E-state index contributed by atoms with van der Waals surface area (Å²) >= 11 is 6.15. The number of halogens is 1. The number of carbonyl (C=O) groups excluding carboxylic acids is 2. The minimum Gasteiger partial charge on any atom is -0.371 e. The number of pyridine rings is 1. The Kier molecular flexibility index (Phi) is 6.42. The second-order valence-electron chi connectivity index (χ2n) is 7.77. The van der Waals surface area contributed by atoms with E-state index in [1.54, 1.807) is 33.2 Å². The van der Waals surface area contributed by atoms with Crippen molar-refractivity contribution in [3.05, 3.63) is 57.9 Å². The smallest absolute Gasteiger partial charge is 0.271 e. The van der Waals surface area contributed by atoms with Crippen molar-refractivity contribution in [2.45, 2.75) is 20.3 Å². The molecule has 1 aromatic carbocycles. The Labute approximate surface area is 176 Å². The average Bonchev–Trinajstić information content (AvgIpc) is 3.16. The van der Waals surface area contributed by atoms with E-state index in [9.17, 15) is 9.59 Å². The van der Waals surface area contributed by atoms with Crippen molar-refractivity contribution in [3.8, 4) is 0 Å². The van der Waals surface area contributed by atoms with Gasteiger partial charge >= 0.3 is 0 Å². The lowest BCUT2D eigenvalue weighted by molar-refractivity contribution is 0.0820. The summed E-state index contributed by atoms with van der Waals surface area (Å²) < 4.78 is 0. The number of nitrogens with one attached hydrogen (secondary N) is 1. The molecule has 1 N–H and O–H groups in total. The monoisotopic (exact) mass is 414 g/mol. The molecule has 0 radical (unpaired) electrons. The molecule has 0 saturated carbocycles. The molecule has 1 aliphatic rings. The summed E-state index contributed by atoms with van der Waals surface area (Å²) in [4.78, 5) is 32.7. The lowest BCUT2D eigenvalue weighted by Crippen LogP contribution is -2.32. The van der Waals surface area contributed by atoms with Crippen molar-refractivity contribution in [1.29, 1.82) is 0 Å². The summed E-state index contributed by atoms with van der Waals surface area (Å²) in [7, 11) is 3.35. The number of nitrogens with zero attached hydrogens (tertiary/aromatic N) is 3. The zero-order valence-electron chi connectivity index (χ0n) is 17.3. The maximum Gasteiger partial charge on any atom is 0.271 e. The lowest BCUT2D eigenvalue weighted by Gasteiger charge is -2.21. The molecule has 2 aromatic rings. The van der Waals surface area contributed by atoms with Crippen LogP contribution >= 0.6 is 11.6 Å². The number of benzene rings is 1. The highest BCUT2D eigenvalue weighted by Crippen LogP contribution is 2.29. The van der Waals surface area contributed by atoms with E-state index in [0.717, 1.165) is 30.2 Å². The minimum atomic E-state index is -0.178. The summed E-state index contributed by atoms with van der Waals surface area (Å²) in [5.74, 6) is 0.0406. The number of rotatable bonds is 5. The van der Waals surface area contributed by atoms with E-state index in [-0.39, 0.29) is 11.8 Å². The maximum atomic E-state index is 12.6. The van der Waals surface area contributed by atoms with Crippen LogP contribution in [0.15, 0.2) is 30.3 Å². The first-order valence-electron chi connectivity index (χ1n) is 9.75. The largest absolute Gasteiger partial charge is 0.371 e. The molecule has 3 rings (SSSR count). The van der Waals surface area contributed by atoms with Gasteiger partial charge in [-0.3, -0.25) is 9.59 Å². The van der Waals surface area contributed by atoms with E-state index in [1.807, 2.05) is 18.2 Å². The molecule has 0 aliphatic carbocycles. The van der Waals surface area contributed by atoms with Gasteiger partial charge in [-0.2, -0.15) is 0 Å². The second kappa shape index (κ2) is 8.82. The molecule has 1 fully saturated rings. The highest BCUT2D eigenvalue weighted by atomic mass is 35.5. The fourth-order valence-corrected chi connectivity index (χ4v) is 3.79. The van der Waals surface area contributed by atoms with E-state index < -0.39 is 0 Å². The Morgan fingerprint density at radius 2 is 2.00 bits per heavy atom. The standard InChI is InChI=1S/C22H27ClN4O2/c1-14-5-6-17(23)11-20(14)27-10-9-16(13-27)12-24-21(28)18-7-8-19(25-15(18)2)22(29)26(3)4/h5-8,11,16H,9-10,12-13H2,1-4H3,(H,24,28). The lowest BCUT2D eigenvalue weighted by atomic mass is 10.1. The van der Waals surface area contributed by atoms with Gasteiger partial charge in [0.1, 0.15) is 5.69 Å². The molecule has 2 amide bonds. The number of carbonyl (C=O) groups is 2. The normalized spacial score (nSPS) is 16.0. The molecular formula is C22H27ClN4O2. The van der Waals surface area contributed by atoms with E-state index in [0.29, 0.717) is 29.4 Å². The molecule has 0 spiro atoms. The molecule has 1 aromatic heterocycles. The Balaban J connectivity index is 1.59. The number of amides is 2. The summed E-state index contributed by atoms with van der Waals surface area (Å²) in [6.07, 6.45) is 1.01. The van der Waals surface area contributed by atoms with Crippen molar-refractivity contribution in [2.24, 2.45) is 5.92 Å². The first-order chi connectivity index (χ1) is 13.8. The summed E-state index contributed by atoms with van der Waals surface area (Å²) in [5.41, 5.74) is 3.76. The number of anilines is 1. The van der Waals surface area contributed by atoms with Gasteiger partial charge in [0.05, 0.1) is 11.3 Å². The van der Waals surface area contributed by atoms with Crippen LogP contribution in [0.2, 0.25) is 5.02 Å². The molecule has 2 heterocycles.